The molecule has 4 aromatic rings. The van der Waals surface area contributed by atoms with E-state index in [0.717, 1.165) is 21.3 Å². The van der Waals surface area contributed by atoms with Crippen LogP contribution in [0.3, 0.4) is 0 Å². The van der Waals surface area contributed by atoms with E-state index in [9.17, 15) is 14.7 Å². The number of carbonyl (C=O) groups excluding carboxylic acids is 2. The number of aliphatic hydroxyl groups is 1. The Morgan fingerprint density at radius 2 is 1.78 bits per heavy atom. The summed E-state index contributed by atoms with van der Waals surface area (Å²) >= 11 is 7.34. The van der Waals surface area contributed by atoms with E-state index in [1.807, 2.05) is 26.0 Å². The first kappa shape index (κ1) is 24.8. The maximum absolute atomic E-state index is 13.6. The standard InChI is InChI=1S/C28H23ClN2O5S/c1-14-12-15(2)22-20(13-14)37-28(30-22)31-23(18-6-5-7-19(35-3)26(18)36-4)21(25(33)27(31)34)24(32)16-8-10-17(29)11-9-16/h5-13,23,32H,1-4H3/t23-/m1/s1. The number of nitrogens with zero attached hydrogens (tertiary/aromatic N) is 2. The lowest BCUT2D eigenvalue weighted by Gasteiger charge is -2.25. The smallest absolute Gasteiger partial charge is 0.301 e. The van der Waals surface area contributed by atoms with Gasteiger partial charge in [0.05, 0.1) is 30.0 Å². The highest BCUT2D eigenvalue weighted by molar-refractivity contribution is 7.22. The van der Waals surface area contributed by atoms with Gasteiger partial charge in [-0.2, -0.15) is 0 Å². The lowest BCUT2D eigenvalue weighted by atomic mass is 9.94. The van der Waals surface area contributed by atoms with Gasteiger partial charge in [-0.1, -0.05) is 41.1 Å². The molecule has 1 aromatic heterocycles. The van der Waals surface area contributed by atoms with Crippen molar-refractivity contribution in [2.75, 3.05) is 19.1 Å². The van der Waals surface area contributed by atoms with Crippen molar-refractivity contribution in [1.29, 1.82) is 0 Å². The maximum atomic E-state index is 13.6. The number of carbonyl (C=O) groups is 2. The average Bonchev–Trinajstić information content (AvgIpc) is 3.42. The summed E-state index contributed by atoms with van der Waals surface area (Å²) in [5.74, 6) is -1.17. The van der Waals surface area contributed by atoms with E-state index in [-0.39, 0.29) is 11.3 Å². The second-order valence-corrected chi connectivity index (χ2v) is 10.1. The number of rotatable bonds is 5. The van der Waals surface area contributed by atoms with Crippen molar-refractivity contribution in [2.24, 2.45) is 0 Å². The minimum atomic E-state index is -1.01. The summed E-state index contributed by atoms with van der Waals surface area (Å²) in [4.78, 5) is 33.2. The average molecular weight is 535 g/mol. The zero-order valence-electron chi connectivity index (χ0n) is 20.5. The highest BCUT2D eigenvalue weighted by atomic mass is 35.5. The molecule has 9 heteroatoms. The van der Waals surface area contributed by atoms with Gasteiger partial charge in [-0.3, -0.25) is 14.5 Å². The minimum absolute atomic E-state index is 0.0777. The van der Waals surface area contributed by atoms with Gasteiger partial charge in [-0.15, -0.1) is 0 Å². The molecular formula is C28H23ClN2O5S. The van der Waals surface area contributed by atoms with Gasteiger partial charge in [0.2, 0.25) is 0 Å². The molecule has 7 nitrogen and oxygen atoms in total. The second-order valence-electron chi connectivity index (χ2n) is 8.68. The SMILES string of the molecule is COc1cccc([C@@H]2C(=C(O)c3ccc(Cl)cc3)C(=O)C(=O)N2c2nc3c(C)cc(C)cc3s2)c1OC. The zero-order valence-corrected chi connectivity index (χ0v) is 22.1. The van der Waals surface area contributed by atoms with Gasteiger partial charge >= 0.3 is 5.91 Å². The fourth-order valence-corrected chi connectivity index (χ4v) is 5.97. The molecule has 3 aromatic carbocycles. The number of hydrogen-bond acceptors (Lipinski definition) is 7. The van der Waals surface area contributed by atoms with Gasteiger partial charge in [0.15, 0.2) is 16.6 Å². The number of amides is 1. The van der Waals surface area contributed by atoms with Gasteiger partial charge in [0, 0.05) is 16.1 Å². The first-order chi connectivity index (χ1) is 17.7. The van der Waals surface area contributed by atoms with E-state index in [2.05, 4.69) is 0 Å². The molecular weight excluding hydrogens is 512 g/mol. The van der Waals surface area contributed by atoms with E-state index >= 15 is 0 Å². The number of fused-ring (bicyclic) bond motifs is 1. The molecule has 1 N–H and O–H groups in total. The molecule has 2 heterocycles. The summed E-state index contributed by atoms with van der Waals surface area (Å²) in [6, 6.07) is 14.6. The van der Waals surface area contributed by atoms with Crippen LogP contribution < -0.4 is 14.4 Å². The maximum Gasteiger partial charge on any atom is 0.301 e. The molecule has 37 heavy (non-hydrogen) atoms. The Labute approximate surface area is 222 Å². The minimum Gasteiger partial charge on any atom is -0.507 e. The van der Waals surface area contributed by atoms with Crippen LogP contribution in [0.5, 0.6) is 11.5 Å². The molecule has 1 aliphatic rings. The summed E-state index contributed by atoms with van der Waals surface area (Å²) in [6.07, 6.45) is 0. The molecule has 0 saturated carbocycles. The Balaban J connectivity index is 1.80. The number of thiazole rings is 1. The quantitative estimate of drug-likeness (QED) is 0.186. The van der Waals surface area contributed by atoms with Crippen molar-refractivity contribution in [2.45, 2.75) is 19.9 Å². The Kier molecular flexibility index (Phi) is 6.39. The van der Waals surface area contributed by atoms with E-state index in [1.165, 1.54) is 30.5 Å². The highest BCUT2D eigenvalue weighted by Crippen LogP contribution is 2.48. The van der Waals surface area contributed by atoms with Crippen molar-refractivity contribution in [1.82, 2.24) is 4.98 Å². The van der Waals surface area contributed by atoms with Crippen molar-refractivity contribution in [3.8, 4) is 11.5 Å². The van der Waals surface area contributed by atoms with E-state index in [1.54, 1.807) is 42.5 Å². The van der Waals surface area contributed by atoms with E-state index < -0.39 is 17.7 Å². The number of anilines is 1. The van der Waals surface area contributed by atoms with Gasteiger partial charge in [0.25, 0.3) is 5.78 Å². The van der Waals surface area contributed by atoms with E-state index in [0.29, 0.717) is 32.8 Å². The number of aliphatic hydroxyl groups excluding tert-OH is 1. The number of benzene rings is 3. The number of ketones is 1. The van der Waals surface area contributed by atoms with Gasteiger partial charge < -0.3 is 14.6 Å². The van der Waals surface area contributed by atoms with E-state index in [4.69, 9.17) is 26.1 Å². The number of hydrogen-bond donors (Lipinski definition) is 1. The predicted molar refractivity (Wildman–Crippen MR) is 145 cm³/mol. The number of methoxy groups -OCH3 is 2. The summed E-state index contributed by atoms with van der Waals surface area (Å²) in [5, 5.41) is 12.2. The summed E-state index contributed by atoms with van der Waals surface area (Å²) in [5.41, 5.74) is 3.53. The lowest BCUT2D eigenvalue weighted by Crippen LogP contribution is -2.29. The monoisotopic (exact) mass is 534 g/mol. The Morgan fingerprint density at radius 1 is 1.05 bits per heavy atom. The number of para-hydroxylation sites is 1. The highest BCUT2D eigenvalue weighted by Gasteiger charge is 2.49. The Bertz CT molecular complexity index is 1590. The molecule has 1 atom stereocenters. The summed E-state index contributed by atoms with van der Waals surface area (Å²) < 4.78 is 12.0. The molecule has 1 amide bonds. The molecule has 188 valence electrons. The predicted octanol–water partition coefficient (Wildman–Crippen LogP) is 6.21. The van der Waals surface area contributed by atoms with Crippen LogP contribution in [0, 0.1) is 13.8 Å². The van der Waals surface area contributed by atoms with Crippen LogP contribution in [-0.4, -0.2) is 36.0 Å². The van der Waals surface area contributed by atoms with Crippen LogP contribution in [0.15, 0.2) is 60.2 Å². The molecule has 0 radical (unpaired) electrons. The Morgan fingerprint density at radius 3 is 2.46 bits per heavy atom. The third-order valence-corrected chi connectivity index (χ3v) is 7.57. The van der Waals surface area contributed by atoms with Crippen molar-refractivity contribution in [3.63, 3.8) is 0 Å². The van der Waals surface area contributed by atoms with Gasteiger partial charge in [0.1, 0.15) is 11.8 Å². The molecule has 0 aliphatic carbocycles. The molecule has 1 aliphatic heterocycles. The number of aryl methyl sites for hydroxylation is 2. The Hall–Kier alpha value is -3.88. The summed E-state index contributed by atoms with van der Waals surface area (Å²) in [7, 11) is 2.99. The third-order valence-electron chi connectivity index (χ3n) is 6.31. The van der Waals surface area contributed by atoms with Crippen molar-refractivity contribution >= 4 is 55.7 Å². The lowest BCUT2D eigenvalue weighted by molar-refractivity contribution is -0.132. The van der Waals surface area contributed by atoms with Crippen molar-refractivity contribution < 1.29 is 24.2 Å². The van der Waals surface area contributed by atoms with Gasteiger partial charge in [-0.05, 0) is 61.4 Å². The molecule has 0 bridgehead atoms. The van der Waals surface area contributed by atoms with Crippen LogP contribution in [0.25, 0.3) is 16.0 Å². The molecule has 0 spiro atoms. The normalized spacial score (nSPS) is 17.0. The molecule has 5 rings (SSSR count). The number of halogens is 1. The first-order valence-electron chi connectivity index (χ1n) is 11.4. The van der Waals surface area contributed by atoms with Crippen LogP contribution >= 0.6 is 22.9 Å². The van der Waals surface area contributed by atoms with Crippen LogP contribution in [0.2, 0.25) is 5.02 Å². The number of Topliss-reactive ketones (excluding diaryl/α,β-unsaturated/α-hetero) is 1. The molecule has 1 saturated heterocycles. The van der Waals surface area contributed by atoms with Crippen LogP contribution in [-0.2, 0) is 9.59 Å². The topological polar surface area (TPSA) is 89.0 Å². The summed E-state index contributed by atoms with van der Waals surface area (Å²) in [6.45, 7) is 3.95. The van der Waals surface area contributed by atoms with Crippen LogP contribution in [0.4, 0.5) is 5.13 Å². The molecule has 0 unspecified atom stereocenters. The number of aromatic nitrogens is 1. The fraction of sp³-hybridized carbons (Fsp3) is 0.179. The van der Waals surface area contributed by atoms with Gasteiger partial charge in [-0.25, -0.2) is 4.98 Å². The fourth-order valence-electron chi connectivity index (χ4n) is 4.68. The number of ether oxygens (including phenoxy) is 2. The third kappa shape index (κ3) is 4.12. The molecule has 1 fully saturated rings. The second kappa shape index (κ2) is 9.53. The zero-order chi connectivity index (χ0) is 26.4. The first-order valence-corrected chi connectivity index (χ1v) is 12.6. The van der Waals surface area contributed by atoms with Crippen molar-refractivity contribution in [3.05, 3.63) is 87.4 Å². The van der Waals surface area contributed by atoms with Crippen LogP contribution in [0.1, 0.15) is 28.3 Å². The largest absolute Gasteiger partial charge is 0.507 e.